The first-order chi connectivity index (χ1) is 8.80. The predicted octanol–water partition coefficient (Wildman–Crippen LogP) is 5.86. The van der Waals surface area contributed by atoms with E-state index in [0.29, 0.717) is 16.6 Å². The molecule has 0 amide bonds. The zero-order valence-electron chi connectivity index (χ0n) is 12.9. The second-order valence-corrected chi connectivity index (χ2v) is 13.0. The van der Waals surface area contributed by atoms with Gasteiger partial charge in [-0.1, -0.05) is 47.5 Å². The Labute approximate surface area is 133 Å². The van der Waals surface area contributed by atoms with Gasteiger partial charge in [0.25, 0.3) is 0 Å². The van der Waals surface area contributed by atoms with Crippen LogP contribution < -0.4 is 0 Å². The molecule has 2 heteroatoms. The van der Waals surface area contributed by atoms with Gasteiger partial charge >= 0.3 is 0 Å². The van der Waals surface area contributed by atoms with Crippen molar-refractivity contribution in [2.45, 2.75) is 58.2 Å². The second-order valence-electron chi connectivity index (χ2n) is 6.15. The van der Waals surface area contributed by atoms with Crippen LogP contribution in [-0.4, -0.2) is 8.07 Å². The summed E-state index contributed by atoms with van der Waals surface area (Å²) in [7, 11) is -1.59. The number of rotatable bonds is 3. The summed E-state index contributed by atoms with van der Waals surface area (Å²) in [6.45, 7) is 14.1. The average molecular weight is 384 g/mol. The topological polar surface area (TPSA) is 0 Å². The van der Waals surface area contributed by atoms with Crippen molar-refractivity contribution in [2.75, 3.05) is 0 Å². The van der Waals surface area contributed by atoms with E-state index in [1.165, 1.54) is 3.57 Å². The molecular formula is C17H25ISi. The van der Waals surface area contributed by atoms with Crippen LogP contribution in [0.15, 0.2) is 24.3 Å². The average Bonchev–Trinajstić information content (AvgIpc) is 2.30. The Balaban J connectivity index is 3.19. The van der Waals surface area contributed by atoms with Crippen LogP contribution in [0.5, 0.6) is 0 Å². The molecule has 0 heterocycles. The molecule has 0 unspecified atom stereocenters. The van der Waals surface area contributed by atoms with Crippen LogP contribution in [0.3, 0.4) is 0 Å². The molecule has 0 bridgehead atoms. The zero-order chi connectivity index (χ0) is 14.6. The second kappa shape index (κ2) is 6.94. The molecule has 0 fully saturated rings. The van der Waals surface area contributed by atoms with Crippen molar-refractivity contribution in [1.29, 1.82) is 0 Å². The standard InChI is InChI=1S/C17H25ISi/c1-13(2)19(14(3)4,15(5)6)12-11-16-7-9-17(18)10-8-16/h7-10,13-15H,1-6H3. The summed E-state index contributed by atoms with van der Waals surface area (Å²) in [5.74, 6) is 3.47. The van der Waals surface area contributed by atoms with Gasteiger partial charge in [0, 0.05) is 9.13 Å². The van der Waals surface area contributed by atoms with Crippen molar-refractivity contribution < 1.29 is 0 Å². The lowest BCUT2D eigenvalue weighted by Gasteiger charge is -2.38. The molecule has 0 nitrogen and oxygen atoms in total. The molecule has 0 aliphatic carbocycles. The Kier molecular flexibility index (Phi) is 6.13. The molecular weight excluding hydrogens is 359 g/mol. The van der Waals surface area contributed by atoms with E-state index in [2.05, 4.69) is 99.9 Å². The largest absolute Gasteiger partial charge is 0.146 e. The van der Waals surface area contributed by atoms with Gasteiger partial charge in [-0.05, 0) is 63.5 Å². The van der Waals surface area contributed by atoms with Gasteiger partial charge in [0.15, 0.2) is 0 Å². The Bertz CT molecular complexity index is 439. The normalized spacial score (nSPS) is 11.9. The highest BCUT2D eigenvalue weighted by atomic mass is 127. The first-order valence-electron chi connectivity index (χ1n) is 7.09. The molecule has 0 radical (unpaired) electrons. The maximum Gasteiger partial charge on any atom is 0.146 e. The molecule has 0 saturated carbocycles. The van der Waals surface area contributed by atoms with Crippen molar-refractivity contribution in [2.24, 2.45) is 0 Å². The quantitative estimate of drug-likeness (QED) is 0.348. The lowest BCUT2D eigenvalue weighted by Crippen LogP contribution is -2.43. The molecule has 1 rings (SSSR count). The molecule has 0 spiro atoms. The van der Waals surface area contributed by atoms with E-state index in [4.69, 9.17) is 0 Å². The minimum atomic E-state index is -1.59. The highest BCUT2D eigenvalue weighted by molar-refractivity contribution is 14.1. The van der Waals surface area contributed by atoms with E-state index in [-0.39, 0.29) is 0 Å². The molecule has 0 aliphatic rings. The number of halogens is 1. The highest BCUT2D eigenvalue weighted by Gasteiger charge is 2.41. The van der Waals surface area contributed by atoms with Gasteiger partial charge in [-0.25, -0.2) is 0 Å². The molecule has 0 aromatic heterocycles. The van der Waals surface area contributed by atoms with Gasteiger partial charge in [0.1, 0.15) is 8.07 Å². The van der Waals surface area contributed by atoms with Gasteiger partial charge in [-0.15, -0.1) is 5.54 Å². The first kappa shape index (κ1) is 16.8. The first-order valence-corrected chi connectivity index (χ1v) is 10.4. The smallest absolute Gasteiger partial charge is 0.125 e. The fourth-order valence-electron chi connectivity index (χ4n) is 3.15. The Hall–Kier alpha value is -0.273. The van der Waals surface area contributed by atoms with E-state index in [0.717, 1.165) is 5.56 Å². The SMILES string of the molecule is CC(C)[Si](C#Cc1ccc(I)cc1)(C(C)C)C(C)C. The van der Waals surface area contributed by atoms with Crippen LogP contribution in [0.2, 0.25) is 16.6 Å². The minimum Gasteiger partial charge on any atom is -0.125 e. The fourth-order valence-corrected chi connectivity index (χ4v) is 8.73. The monoisotopic (exact) mass is 384 g/mol. The lowest BCUT2D eigenvalue weighted by molar-refractivity contribution is 0.838. The summed E-state index contributed by atoms with van der Waals surface area (Å²) < 4.78 is 1.27. The Morgan fingerprint density at radius 1 is 0.842 bits per heavy atom. The third kappa shape index (κ3) is 3.85. The van der Waals surface area contributed by atoms with E-state index in [9.17, 15) is 0 Å². The molecule has 0 atom stereocenters. The minimum absolute atomic E-state index is 0.698. The van der Waals surface area contributed by atoms with Crippen molar-refractivity contribution in [1.82, 2.24) is 0 Å². The summed E-state index contributed by atoms with van der Waals surface area (Å²) in [5.41, 5.74) is 7.00. The van der Waals surface area contributed by atoms with Crippen LogP contribution in [0.4, 0.5) is 0 Å². The van der Waals surface area contributed by atoms with E-state index < -0.39 is 8.07 Å². The fraction of sp³-hybridized carbons (Fsp3) is 0.529. The maximum atomic E-state index is 3.75. The molecule has 1 aromatic rings. The van der Waals surface area contributed by atoms with Crippen molar-refractivity contribution in [3.63, 3.8) is 0 Å². The van der Waals surface area contributed by atoms with Crippen molar-refractivity contribution >= 4 is 30.7 Å². The molecule has 0 aliphatic heterocycles. The molecule has 19 heavy (non-hydrogen) atoms. The highest BCUT2D eigenvalue weighted by Crippen LogP contribution is 2.40. The summed E-state index contributed by atoms with van der Waals surface area (Å²) in [6.07, 6.45) is 0. The van der Waals surface area contributed by atoms with Crippen LogP contribution >= 0.6 is 22.6 Å². The van der Waals surface area contributed by atoms with Crippen LogP contribution in [0.25, 0.3) is 0 Å². The van der Waals surface area contributed by atoms with Gasteiger partial charge in [-0.3, -0.25) is 0 Å². The van der Waals surface area contributed by atoms with Gasteiger partial charge < -0.3 is 0 Å². The predicted molar refractivity (Wildman–Crippen MR) is 97.1 cm³/mol. The molecule has 104 valence electrons. The van der Waals surface area contributed by atoms with E-state index in [1.807, 2.05) is 0 Å². The summed E-state index contributed by atoms with van der Waals surface area (Å²) in [6, 6.07) is 8.53. The summed E-state index contributed by atoms with van der Waals surface area (Å²) >= 11 is 2.33. The van der Waals surface area contributed by atoms with E-state index >= 15 is 0 Å². The lowest BCUT2D eigenvalue weighted by atomic mass is 10.2. The maximum absolute atomic E-state index is 3.75. The van der Waals surface area contributed by atoms with Crippen LogP contribution in [0, 0.1) is 15.0 Å². The zero-order valence-corrected chi connectivity index (χ0v) is 16.1. The summed E-state index contributed by atoms with van der Waals surface area (Å²) in [4.78, 5) is 0. The Morgan fingerprint density at radius 2 is 1.26 bits per heavy atom. The molecule has 0 saturated heterocycles. The number of hydrogen-bond acceptors (Lipinski definition) is 0. The third-order valence-corrected chi connectivity index (χ3v) is 11.1. The van der Waals surface area contributed by atoms with Gasteiger partial charge in [0.05, 0.1) is 0 Å². The van der Waals surface area contributed by atoms with Crippen molar-refractivity contribution in [3.05, 3.63) is 33.4 Å². The van der Waals surface area contributed by atoms with Gasteiger partial charge in [-0.2, -0.15) is 0 Å². The molecule has 0 N–H and O–H groups in total. The number of hydrogen-bond donors (Lipinski definition) is 0. The van der Waals surface area contributed by atoms with Crippen LogP contribution in [0.1, 0.15) is 47.1 Å². The summed E-state index contributed by atoms with van der Waals surface area (Å²) in [5, 5.41) is 0. The van der Waals surface area contributed by atoms with Gasteiger partial charge in [0.2, 0.25) is 0 Å². The van der Waals surface area contributed by atoms with Crippen molar-refractivity contribution in [3.8, 4) is 11.5 Å². The number of benzene rings is 1. The molecule has 1 aromatic carbocycles. The van der Waals surface area contributed by atoms with E-state index in [1.54, 1.807) is 0 Å². The third-order valence-electron chi connectivity index (χ3n) is 4.13. The van der Waals surface area contributed by atoms with Crippen LogP contribution in [-0.2, 0) is 0 Å². The Morgan fingerprint density at radius 3 is 1.63 bits per heavy atom.